The molecular weight excluding hydrogens is 396 g/mol. The van der Waals surface area contributed by atoms with E-state index in [9.17, 15) is 0 Å². The molecule has 3 aromatic carbocycles. The van der Waals surface area contributed by atoms with E-state index in [2.05, 4.69) is 65.2 Å². The van der Waals surface area contributed by atoms with Gasteiger partial charge in [-0.1, -0.05) is 48.5 Å². The largest absolute Gasteiger partial charge is 0.496 e. The van der Waals surface area contributed by atoms with Gasteiger partial charge >= 0.3 is 0 Å². The van der Waals surface area contributed by atoms with Gasteiger partial charge < -0.3 is 15.4 Å². The highest BCUT2D eigenvalue weighted by molar-refractivity contribution is 7.98. The van der Waals surface area contributed by atoms with Crippen LogP contribution in [0.4, 0.5) is 5.69 Å². The van der Waals surface area contributed by atoms with Crippen LogP contribution in [-0.4, -0.2) is 18.8 Å². The molecule has 0 amide bonds. The maximum Gasteiger partial charge on any atom is 0.170 e. The molecule has 0 unspecified atom stereocenters. The molecule has 0 aromatic heterocycles. The van der Waals surface area contributed by atoms with Gasteiger partial charge in [-0.05, 0) is 66.5 Å². The van der Waals surface area contributed by atoms with Crippen molar-refractivity contribution in [2.45, 2.75) is 23.5 Å². The Morgan fingerprint density at radius 1 is 0.931 bits per heavy atom. The molecule has 0 radical (unpaired) electrons. The van der Waals surface area contributed by atoms with Crippen molar-refractivity contribution < 1.29 is 4.74 Å². The van der Waals surface area contributed by atoms with Crippen LogP contribution < -0.4 is 15.4 Å². The summed E-state index contributed by atoms with van der Waals surface area (Å²) in [5.41, 5.74) is 3.51. The van der Waals surface area contributed by atoms with Gasteiger partial charge in [0.2, 0.25) is 0 Å². The number of thiocarbonyl (C=S) groups is 1. The second kappa shape index (κ2) is 11.5. The van der Waals surface area contributed by atoms with E-state index < -0.39 is 0 Å². The van der Waals surface area contributed by atoms with Crippen LogP contribution in [0.3, 0.4) is 0 Å². The lowest BCUT2D eigenvalue weighted by Gasteiger charge is -2.12. The highest BCUT2D eigenvalue weighted by atomic mass is 32.2. The monoisotopic (exact) mass is 422 g/mol. The Morgan fingerprint density at radius 3 is 2.41 bits per heavy atom. The normalized spacial score (nSPS) is 10.4. The molecule has 0 bridgehead atoms. The highest BCUT2D eigenvalue weighted by Crippen LogP contribution is 2.23. The Labute approximate surface area is 182 Å². The maximum atomic E-state index is 5.41. The second-order valence-electron chi connectivity index (χ2n) is 6.59. The van der Waals surface area contributed by atoms with Gasteiger partial charge in [0.05, 0.1) is 7.11 Å². The molecule has 3 aromatic rings. The van der Waals surface area contributed by atoms with Gasteiger partial charge in [0, 0.05) is 22.9 Å². The number of para-hydroxylation sites is 1. The number of ether oxygens (including phenoxy) is 1. The minimum Gasteiger partial charge on any atom is -0.496 e. The molecule has 5 heteroatoms. The van der Waals surface area contributed by atoms with Crippen molar-refractivity contribution in [2.75, 3.05) is 19.0 Å². The van der Waals surface area contributed by atoms with E-state index in [0.717, 1.165) is 36.6 Å². The van der Waals surface area contributed by atoms with Gasteiger partial charge in [-0.25, -0.2) is 0 Å². The summed E-state index contributed by atoms with van der Waals surface area (Å²) >= 11 is 7.25. The van der Waals surface area contributed by atoms with Gasteiger partial charge in [0.1, 0.15) is 5.75 Å². The summed E-state index contributed by atoms with van der Waals surface area (Å²) in [4.78, 5) is 1.29. The minimum atomic E-state index is 0.649. The summed E-state index contributed by atoms with van der Waals surface area (Å²) in [6.45, 7) is 0.815. The smallest absolute Gasteiger partial charge is 0.170 e. The Kier molecular flexibility index (Phi) is 8.40. The van der Waals surface area contributed by atoms with Crippen molar-refractivity contribution >= 4 is 34.8 Å². The fourth-order valence-electron chi connectivity index (χ4n) is 2.93. The molecule has 150 valence electrons. The zero-order valence-corrected chi connectivity index (χ0v) is 18.2. The first kappa shape index (κ1) is 21.2. The van der Waals surface area contributed by atoms with E-state index in [1.54, 1.807) is 7.11 Å². The predicted octanol–water partition coefficient (Wildman–Crippen LogP) is 5.91. The molecule has 2 N–H and O–H groups in total. The van der Waals surface area contributed by atoms with Gasteiger partial charge in [0.15, 0.2) is 5.11 Å². The molecule has 3 nitrogen and oxygen atoms in total. The summed E-state index contributed by atoms with van der Waals surface area (Å²) in [5, 5.41) is 7.18. The summed E-state index contributed by atoms with van der Waals surface area (Å²) in [7, 11) is 1.71. The van der Waals surface area contributed by atoms with Crippen LogP contribution in [0, 0.1) is 0 Å². The Bertz CT molecular complexity index is 898. The van der Waals surface area contributed by atoms with E-state index in [1.165, 1.54) is 16.0 Å². The first-order chi connectivity index (χ1) is 14.2. The summed E-state index contributed by atoms with van der Waals surface area (Å²) < 4.78 is 5.39. The van der Waals surface area contributed by atoms with Crippen molar-refractivity contribution in [3.8, 4) is 5.75 Å². The number of anilines is 1. The molecule has 3 rings (SSSR count). The highest BCUT2D eigenvalue weighted by Gasteiger charge is 2.02. The van der Waals surface area contributed by atoms with Gasteiger partial charge in [-0.2, -0.15) is 0 Å². The van der Waals surface area contributed by atoms with Crippen LogP contribution in [0.15, 0.2) is 83.8 Å². The fraction of sp³-hybridized carbons (Fsp3) is 0.208. The molecule has 0 saturated heterocycles. The molecule has 29 heavy (non-hydrogen) atoms. The summed E-state index contributed by atoms with van der Waals surface area (Å²) in [6, 6.07) is 27.0. The van der Waals surface area contributed by atoms with Crippen molar-refractivity contribution in [2.24, 2.45) is 0 Å². The molecule has 0 aliphatic heterocycles. The predicted molar refractivity (Wildman–Crippen MR) is 128 cm³/mol. The third kappa shape index (κ3) is 7.11. The summed E-state index contributed by atoms with van der Waals surface area (Å²) in [6.07, 6.45) is 1.94. The van der Waals surface area contributed by atoms with Crippen LogP contribution in [0.2, 0.25) is 0 Å². The van der Waals surface area contributed by atoms with E-state index in [0.29, 0.717) is 5.11 Å². The average Bonchev–Trinajstić information content (AvgIpc) is 2.77. The molecule has 0 saturated carbocycles. The number of thioether (sulfide) groups is 1. The number of rotatable bonds is 9. The second-order valence-corrected chi connectivity index (χ2v) is 8.05. The third-order valence-corrected chi connectivity index (χ3v) is 5.79. The fourth-order valence-corrected chi connectivity index (χ4v) is 4.03. The van der Waals surface area contributed by atoms with E-state index >= 15 is 0 Å². The number of hydrogen-bond donors (Lipinski definition) is 2. The van der Waals surface area contributed by atoms with Crippen LogP contribution in [0.25, 0.3) is 0 Å². The van der Waals surface area contributed by atoms with Gasteiger partial charge in [-0.3, -0.25) is 0 Å². The first-order valence-electron chi connectivity index (χ1n) is 9.68. The lowest BCUT2D eigenvalue weighted by molar-refractivity contribution is 0.409. The Hall–Kier alpha value is -2.50. The lowest BCUT2D eigenvalue weighted by atomic mass is 10.1. The van der Waals surface area contributed by atoms with E-state index in [-0.39, 0.29) is 0 Å². The topological polar surface area (TPSA) is 33.3 Å². The number of aryl methyl sites for hydroxylation is 1. The Morgan fingerprint density at radius 2 is 1.66 bits per heavy atom. The zero-order chi connectivity index (χ0) is 20.3. The zero-order valence-electron chi connectivity index (χ0n) is 16.6. The Balaban J connectivity index is 1.38. The van der Waals surface area contributed by atoms with Crippen LogP contribution >= 0.6 is 24.0 Å². The van der Waals surface area contributed by atoms with Crippen molar-refractivity contribution in [3.05, 3.63) is 90.0 Å². The molecular formula is C24H26N2OS2. The average molecular weight is 423 g/mol. The first-order valence-corrected chi connectivity index (χ1v) is 11.1. The molecule has 0 heterocycles. The third-order valence-electron chi connectivity index (χ3n) is 4.46. The molecule has 0 aliphatic rings. The van der Waals surface area contributed by atoms with Crippen LogP contribution in [0.5, 0.6) is 5.75 Å². The summed E-state index contributed by atoms with van der Waals surface area (Å²) in [5.74, 6) is 1.90. The van der Waals surface area contributed by atoms with Crippen molar-refractivity contribution in [1.82, 2.24) is 5.32 Å². The number of hydrogen-bond acceptors (Lipinski definition) is 3. The van der Waals surface area contributed by atoms with Crippen LogP contribution in [0.1, 0.15) is 17.5 Å². The molecule has 0 aliphatic carbocycles. The molecule has 0 atom stereocenters. The number of benzene rings is 3. The quantitative estimate of drug-likeness (QED) is 0.255. The van der Waals surface area contributed by atoms with Gasteiger partial charge in [-0.15, -0.1) is 11.8 Å². The maximum absolute atomic E-state index is 5.41. The molecule has 0 fully saturated rings. The van der Waals surface area contributed by atoms with Crippen LogP contribution in [-0.2, 0) is 12.2 Å². The van der Waals surface area contributed by atoms with E-state index in [1.807, 2.05) is 36.0 Å². The van der Waals surface area contributed by atoms with Gasteiger partial charge in [0.25, 0.3) is 0 Å². The van der Waals surface area contributed by atoms with Crippen molar-refractivity contribution in [3.63, 3.8) is 0 Å². The number of methoxy groups -OCH3 is 1. The SMILES string of the molecule is COc1ccccc1CCCNC(=S)Nc1ccc(CSc2ccccc2)cc1. The van der Waals surface area contributed by atoms with Crippen molar-refractivity contribution in [1.29, 1.82) is 0 Å². The lowest BCUT2D eigenvalue weighted by Crippen LogP contribution is -2.29. The minimum absolute atomic E-state index is 0.649. The molecule has 0 spiro atoms. The number of nitrogens with one attached hydrogen (secondary N) is 2. The standard InChI is InChI=1S/C24H26N2OS2/c1-27-23-12-6-5-8-20(23)9-7-17-25-24(28)26-21-15-13-19(14-16-21)18-29-22-10-3-2-4-11-22/h2-6,8,10-16H,7,9,17-18H2,1H3,(H2,25,26,28). The van der Waals surface area contributed by atoms with E-state index in [4.69, 9.17) is 17.0 Å².